The fourth-order valence-electron chi connectivity index (χ4n) is 2.87. The number of nitrogens with two attached hydrogens (primary N) is 1. The molecule has 3 rings (SSSR count). The van der Waals surface area contributed by atoms with Crippen LogP contribution in [-0.4, -0.2) is 26.9 Å². The molecule has 1 heterocycles. The van der Waals surface area contributed by atoms with Crippen molar-refractivity contribution >= 4 is 29.7 Å². The van der Waals surface area contributed by atoms with Crippen molar-refractivity contribution in [2.75, 3.05) is 0 Å². The van der Waals surface area contributed by atoms with E-state index < -0.39 is 6.04 Å². The lowest BCUT2D eigenvalue weighted by Gasteiger charge is -2.26. The smallest absolute Gasteiger partial charge is 0.240 e. The summed E-state index contributed by atoms with van der Waals surface area (Å²) in [5, 5.41) is 9.41. The Labute approximate surface area is 175 Å². The van der Waals surface area contributed by atoms with Gasteiger partial charge in [-0.25, -0.2) is 4.98 Å². The molecule has 3 aromatic rings. The lowest BCUT2D eigenvalue weighted by atomic mass is 10.0. The summed E-state index contributed by atoms with van der Waals surface area (Å²) in [7, 11) is 0. The number of aromatic hydroxyl groups is 1. The second-order valence-electron chi connectivity index (χ2n) is 6.52. The fourth-order valence-corrected chi connectivity index (χ4v) is 3.67. The van der Waals surface area contributed by atoms with Crippen molar-refractivity contribution in [2.24, 2.45) is 5.73 Å². The number of amides is 1. The van der Waals surface area contributed by atoms with E-state index in [1.165, 1.54) is 0 Å². The van der Waals surface area contributed by atoms with Crippen LogP contribution < -0.4 is 5.73 Å². The van der Waals surface area contributed by atoms with Crippen LogP contribution in [0.25, 0.3) is 0 Å². The SMILES string of the molecule is Cc1ncsc1CN(Cc1ccccc1)C(=O)[C@@H](N)Cc1ccc(O)cc1.Cl. The molecule has 0 aliphatic carbocycles. The molecule has 2 aromatic carbocycles. The number of benzene rings is 2. The highest BCUT2D eigenvalue weighted by molar-refractivity contribution is 7.09. The zero-order chi connectivity index (χ0) is 19.2. The van der Waals surface area contributed by atoms with Gasteiger partial charge in [0.1, 0.15) is 5.75 Å². The number of phenols is 1. The normalized spacial score (nSPS) is 11.5. The summed E-state index contributed by atoms with van der Waals surface area (Å²) in [6, 6.07) is 16.0. The van der Waals surface area contributed by atoms with Crippen molar-refractivity contribution in [2.45, 2.75) is 32.5 Å². The third-order valence-electron chi connectivity index (χ3n) is 4.42. The molecule has 1 atom stereocenters. The lowest BCUT2D eigenvalue weighted by Crippen LogP contribution is -2.44. The molecule has 0 aliphatic heterocycles. The quantitative estimate of drug-likeness (QED) is 0.614. The van der Waals surface area contributed by atoms with Crippen LogP contribution in [-0.2, 0) is 24.3 Å². The number of thiazole rings is 1. The second-order valence-corrected chi connectivity index (χ2v) is 7.46. The van der Waals surface area contributed by atoms with Crippen molar-refractivity contribution in [1.29, 1.82) is 0 Å². The van der Waals surface area contributed by atoms with Gasteiger partial charge in [-0.05, 0) is 36.6 Å². The average Bonchev–Trinajstić information content (AvgIpc) is 3.08. The van der Waals surface area contributed by atoms with Gasteiger partial charge in [0, 0.05) is 11.4 Å². The minimum Gasteiger partial charge on any atom is -0.508 e. The van der Waals surface area contributed by atoms with E-state index in [0.717, 1.165) is 21.7 Å². The van der Waals surface area contributed by atoms with Gasteiger partial charge < -0.3 is 15.7 Å². The Morgan fingerprint density at radius 2 is 1.79 bits per heavy atom. The molecular formula is C21H24ClN3O2S. The van der Waals surface area contributed by atoms with Crippen molar-refractivity contribution in [3.63, 3.8) is 0 Å². The third-order valence-corrected chi connectivity index (χ3v) is 5.34. The van der Waals surface area contributed by atoms with Gasteiger partial charge in [-0.2, -0.15) is 0 Å². The van der Waals surface area contributed by atoms with Crippen molar-refractivity contribution in [1.82, 2.24) is 9.88 Å². The van der Waals surface area contributed by atoms with E-state index in [2.05, 4.69) is 4.98 Å². The first-order chi connectivity index (χ1) is 13.0. The van der Waals surface area contributed by atoms with Gasteiger partial charge in [0.15, 0.2) is 0 Å². The molecular weight excluding hydrogens is 394 g/mol. The summed E-state index contributed by atoms with van der Waals surface area (Å²) in [6.45, 7) is 2.95. The predicted molar refractivity (Wildman–Crippen MR) is 115 cm³/mol. The molecule has 0 radical (unpaired) electrons. The highest BCUT2D eigenvalue weighted by atomic mass is 35.5. The molecule has 1 aromatic heterocycles. The molecule has 0 spiro atoms. The van der Waals surface area contributed by atoms with Gasteiger partial charge in [0.05, 0.1) is 23.8 Å². The summed E-state index contributed by atoms with van der Waals surface area (Å²) in [5.74, 6) is 0.102. The Morgan fingerprint density at radius 3 is 2.39 bits per heavy atom. The van der Waals surface area contributed by atoms with Crippen molar-refractivity contribution < 1.29 is 9.90 Å². The third kappa shape index (κ3) is 5.79. The van der Waals surface area contributed by atoms with Gasteiger partial charge in [-0.15, -0.1) is 23.7 Å². The maximum absolute atomic E-state index is 13.1. The molecule has 0 saturated heterocycles. The number of phenolic OH excluding ortho intramolecular Hbond substituents is 1. The molecule has 0 bridgehead atoms. The first-order valence-electron chi connectivity index (χ1n) is 8.78. The minimum absolute atomic E-state index is 0. The molecule has 0 unspecified atom stereocenters. The van der Waals surface area contributed by atoms with Gasteiger partial charge in [-0.1, -0.05) is 42.5 Å². The molecule has 0 fully saturated rings. The topological polar surface area (TPSA) is 79.5 Å². The first kappa shape index (κ1) is 21.9. The molecule has 148 valence electrons. The number of rotatable bonds is 7. The van der Waals surface area contributed by atoms with E-state index in [1.807, 2.05) is 37.3 Å². The minimum atomic E-state index is -0.647. The van der Waals surface area contributed by atoms with Crippen LogP contribution in [0.4, 0.5) is 0 Å². The van der Waals surface area contributed by atoms with Crippen molar-refractivity contribution in [3.05, 3.63) is 81.8 Å². The van der Waals surface area contributed by atoms with Crippen LogP contribution in [0.3, 0.4) is 0 Å². The first-order valence-corrected chi connectivity index (χ1v) is 9.66. The van der Waals surface area contributed by atoms with E-state index in [-0.39, 0.29) is 24.1 Å². The van der Waals surface area contributed by atoms with Crippen LogP contribution in [0.1, 0.15) is 21.7 Å². The second kappa shape index (κ2) is 10.2. The van der Waals surface area contributed by atoms with Gasteiger partial charge in [0.2, 0.25) is 5.91 Å². The predicted octanol–water partition coefficient (Wildman–Crippen LogP) is 3.68. The number of aryl methyl sites for hydroxylation is 1. The van der Waals surface area contributed by atoms with Crippen LogP contribution in [0.2, 0.25) is 0 Å². The zero-order valence-corrected chi connectivity index (χ0v) is 17.2. The van der Waals surface area contributed by atoms with Crippen LogP contribution in [0.5, 0.6) is 5.75 Å². The monoisotopic (exact) mass is 417 g/mol. The highest BCUT2D eigenvalue weighted by Crippen LogP contribution is 2.19. The molecule has 3 N–H and O–H groups in total. The highest BCUT2D eigenvalue weighted by Gasteiger charge is 2.23. The van der Waals surface area contributed by atoms with Gasteiger partial charge >= 0.3 is 0 Å². The molecule has 0 saturated carbocycles. The Hall–Kier alpha value is -2.41. The summed E-state index contributed by atoms with van der Waals surface area (Å²) in [4.78, 5) is 20.2. The summed E-state index contributed by atoms with van der Waals surface area (Å²) >= 11 is 1.55. The van der Waals surface area contributed by atoms with E-state index in [1.54, 1.807) is 46.0 Å². The molecule has 28 heavy (non-hydrogen) atoms. The molecule has 7 heteroatoms. The number of nitrogens with zero attached hydrogens (tertiary/aromatic N) is 2. The van der Waals surface area contributed by atoms with E-state index >= 15 is 0 Å². The number of carbonyl (C=O) groups is 1. The Balaban J connectivity index is 0.00000280. The summed E-state index contributed by atoms with van der Waals surface area (Å²) < 4.78 is 0. The molecule has 5 nitrogen and oxygen atoms in total. The standard InChI is InChI=1S/C21H23N3O2S.ClH/c1-15-20(27-14-23-15)13-24(12-17-5-3-2-4-6-17)21(26)19(22)11-16-7-9-18(25)10-8-16;/h2-10,14,19,25H,11-13,22H2,1H3;1H/t19-;/m0./s1. The number of carbonyl (C=O) groups excluding carboxylic acids is 1. The number of hydrogen-bond donors (Lipinski definition) is 2. The van der Waals surface area contributed by atoms with Crippen LogP contribution in [0.15, 0.2) is 60.1 Å². The lowest BCUT2D eigenvalue weighted by molar-refractivity contribution is -0.133. The largest absolute Gasteiger partial charge is 0.508 e. The maximum Gasteiger partial charge on any atom is 0.240 e. The van der Waals surface area contributed by atoms with E-state index in [0.29, 0.717) is 19.5 Å². The van der Waals surface area contributed by atoms with Gasteiger partial charge in [-0.3, -0.25) is 4.79 Å². The molecule has 0 aliphatic rings. The van der Waals surface area contributed by atoms with Crippen LogP contribution in [0, 0.1) is 6.92 Å². The fraction of sp³-hybridized carbons (Fsp3) is 0.238. The van der Waals surface area contributed by atoms with E-state index in [9.17, 15) is 9.90 Å². The Bertz CT molecular complexity index is 884. The van der Waals surface area contributed by atoms with Crippen molar-refractivity contribution in [3.8, 4) is 5.75 Å². The van der Waals surface area contributed by atoms with Crippen LogP contribution >= 0.6 is 23.7 Å². The zero-order valence-electron chi connectivity index (χ0n) is 15.6. The Kier molecular flexibility index (Phi) is 7.99. The number of halogens is 1. The summed E-state index contributed by atoms with van der Waals surface area (Å²) in [5.41, 5.74) is 11.0. The average molecular weight is 418 g/mol. The van der Waals surface area contributed by atoms with Gasteiger partial charge in [0.25, 0.3) is 0 Å². The van der Waals surface area contributed by atoms with E-state index in [4.69, 9.17) is 5.73 Å². The number of hydrogen-bond acceptors (Lipinski definition) is 5. The number of aromatic nitrogens is 1. The maximum atomic E-state index is 13.1. The summed E-state index contributed by atoms with van der Waals surface area (Å²) in [6.07, 6.45) is 0.423. The Morgan fingerprint density at radius 1 is 1.11 bits per heavy atom. The molecule has 1 amide bonds.